The molecule has 0 unspecified atom stereocenters. The van der Waals surface area contributed by atoms with Crippen molar-refractivity contribution >= 4 is 40.7 Å². The van der Waals surface area contributed by atoms with Gasteiger partial charge in [-0.2, -0.15) is 13.2 Å². The third-order valence-electron chi connectivity index (χ3n) is 5.31. The minimum absolute atomic E-state index is 0.00346. The smallest absolute Gasteiger partial charge is 0.368 e. The fraction of sp³-hybridized carbons (Fsp3) is 0.364. The van der Waals surface area contributed by atoms with Crippen molar-refractivity contribution < 1.29 is 27.6 Å². The number of nitrogens with zero attached hydrogens (tertiary/aromatic N) is 3. The van der Waals surface area contributed by atoms with E-state index in [2.05, 4.69) is 15.6 Å². The van der Waals surface area contributed by atoms with Gasteiger partial charge in [0.2, 0.25) is 11.8 Å². The molecule has 0 saturated carbocycles. The number of anilines is 2. The van der Waals surface area contributed by atoms with E-state index in [1.54, 1.807) is 23.1 Å². The molecule has 2 N–H and O–H groups in total. The molecular weight excluding hydrogens is 475 g/mol. The number of nitrogens with one attached hydrogen (secondary N) is 2. The Morgan fingerprint density at radius 3 is 2.32 bits per heavy atom. The highest BCUT2D eigenvalue weighted by Gasteiger charge is 2.31. The number of halogens is 4. The van der Waals surface area contributed by atoms with Crippen LogP contribution in [-0.4, -0.2) is 53.8 Å². The Bertz CT molecular complexity index is 1100. The molecule has 1 aromatic heterocycles. The summed E-state index contributed by atoms with van der Waals surface area (Å²) in [7, 11) is 0. The number of amides is 3. The molecule has 0 aliphatic carbocycles. The van der Waals surface area contributed by atoms with Gasteiger partial charge in [-0.25, -0.2) is 0 Å². The van der Waals surface area contributed by atoms with Gasteiger partial charge in [0.05, 0.1) is 34.1 Å². The van der Waals surface area contributed by atoms with E-state index in [9.17, 15) is 27.6 Å². The summed E-state index contributed by atoms with van der Waals surface area (Å²) in [5.74, 6) is -0.939. The molecule has 182 valence electrons. The zero-order chi connectivity index (χ0) is 25.0. The molecule has 1 aliphatic rings. The van der Waals surface area contributed by atoms with Crippen LogP contribution in [0.1, 0.15) is 35.5 Å². The molecular formula is C22H23ClF3N5O3. The Balaban J connectivity index is 1.78. The summed E-state index contributed by atoms with van der Waals surface area (Å²) in [5, 5.41) is 4.96. The lowest BCUT2D eigenvalue weighted by Gasteiger charge is -2.36. The molecule has 8 nitrogen and oxygen atoms in total. The third-order valence-corrected chi connectivity index (χ3v) is 5.64. The average Bonchev–Trinajstić information content (AvgIpc) is 2.77. The number of aromatic nitrogens is 1. The van der Waals surface area contributed by atoms with Crippen LogP contribution in [0, 0.1) is 0 Å². The first-order valence-corrected chi connectivity index (χ1v) is 10.8. The largest absolute Gasteiger partial charge is 0.417 e. The van der Waals surface area contributed by atoms with Gasteiger partial charge in [0.25, 0.3) is 5.91 Å². The molecule has 12 heteroatoms. The topological polar surface area (TPSA) is 94.6 Å². The van der Waals surface area contributed by atoms with Gasteiger partial charge in [0, 0.05) is 51.9 Å². The van der Waals surface area contributed by atoms with Crippen LogP contribution in [0.25, 0.3) is 0 Å². The van der Waals surface area contributed by atoms with Crippen LogP contribution in [0.2, 0.25) is 5.02 Å². The maximum atomic E-state index is 12.9. The molecule has 1 fully saturated rings. The summed E-state index contributed by atoms with van der Waals surface area (Å²) >= 11 is 5.92. The van der Waals surface area contributed by atoms with Crippen LogP contribution in [-0.2, 0) is 22.3 Å². The molecule has 0 atom stereocenters. The number of benzene rings is 1. The zero-order valence-electron chi connectivity index (χ0n) is 18.5. The van der Waals surface area contributed by atoms with E-state index in [1.165, 1.54) is 13.8 Å². The molecule has 0 spiro atoms. The van der Waals surface area contributed by atoms with Crippen LogP contribution in [0.5, 0.6) is 0 Å². The lowest BCUT2D eigenvalue weighted by atomic mass is 10.1. The number of carbonyl (C=O) groups excluding carboxylic acids is 3. The van der Waals surface area contributed by atoms with Crippen molar-refractivity contribution in [2.45, 2.75) is 26.6 Å². The zero-order valence-corrected chi connectivity index (χ0v) is 19.3. The second kappa shape index (κ2) is 10.3. The summed E-state index contributed by atoms with van der Waals surface area (Å²) in [4.78, 5) is 43.6. The summed E-state index contributed by atoms with van der Waals surface area (Å²) in [6.07, 6.45) is -3.93. The van der Waals surface area contributed by atoms with Crippen molar-refractivity contribution in [1.82, 2.24) is 15.2 Å². The number of pyridine rings is 1. The Morgan fingerprint density at radius 1 is 1.09 bits per heavy atom. The van der Waals surface area contributed by atoms with Gasteiger partial charge in [-0.05, 0) is 24.3 Å². The standard InChI is InChI=1S/C22H23ClF3N5O3/c1-13(32)29-19-4-3-16(31-7-5-30(6-8-31)14(2)33)10-17(19)21(34)28-12-20-18(23)9-15(11-27-20)22(24,25)26/h3-4,9-11H,5-8,12H2,1-2H3,(H,28,34)(H,29,32). The summed E-state index contributed by atoms with van der Waals surface area (Å²) in [5.41, 5.74) is 0.263. The van der Waals surface area contributed by atoms with Gasteiger partial charge in [-0.3, -0.25) is 19.4 Å². The van der Waals surface area contributed by atoms with Crippen molar-refractivity contribution in [2.24, 2.45) is 0 Å². The summed E-state index contributed by atoms with van der Waals surface area (Å²) < 4.78 is 38.4. The average molecular weight is 498 g/mol. The second-order valence-electron chi connectivity index (χ2n) is 7.74. The van der Waals surface area contributed by atoms with Gasteiger partial charge in [-0.15, -0.1) is 0 Å². The van der Waals surface area contributed by atoms with Crippen molar-refractivity contribution in [3.05, 3.63) is 52.3 Å². The van der Waals surface area contributed by atoms with Crippen LogP contribution in [0.3, 0.4) is 0 Å². The number of piperazine rings is 1. The van der Waals surface area contributed by atoms with E-state index in [4.69, 9.17) is 11.6 Å². The predicted molar refractivity (Wildman–Crippen MR) is 121 cm³/mol. The minimum atomic E-state index is -4.58. The molecule has 1 aromatic carbocycles. The van der Waals surface area contributed by atoms with Crippen LogP contribution < -0.4 is 15.5 Å². The van der Waals surface area contributed by atoms with Gasteiger partial charge < -0.3 is 20.4 Å². The monoisotopic (exact) mass is 497 g/mol. The highest BCUT2D eigenvalue weighted by atomic mass is 35.5. The highest BCUT2D eigenvalue weighted by Crippen LogP contribution is 2.31. The molecule has 0 bridgehead atoms. The van der Waals surface area contributed by atoms with E-state index in [0.29, 0.717) is 32.4 Å². The first kappa shape index (κ1) is 25.3. The first-order chi connectivity index (χ1) is 16.0. The molecule has 34 heavy (non-hydrogen) atoms. The van der Waals surface area contributed by atoms with Crippen molar-refractivity contribution in [2.75, 3.05) is 36.4 Å². The van der Waals surface area contributed by atoms with Gasteiger partial charge in [0.1, 0.15) is 0 Å². The highest BCUT2D eigenvalue weighted by molar-refractivity contribution is 6.31. The Hall–Kier alpha value is -3.34. The second-order valence-corrected chi connectivity index (χ2v) is 8.14. The van der Waals surface area contributed by atoms with E-state index in [-0.39, 0.29) is 40.3 Å². The minimum Gasteiger partial charge on any atom is -0.368 e. The fourth-order valence-electron chi connectivity index (χ4n) is 3.51. The number of hydrogen-bond donors (Lipinski definition) is 2. The lowest BCUT2D eigenvalue weighted by molar-refractivity contribution is -0.137. The summed E-state index contributed by atoms with van der Waals surface area (Å²) in [6, 6.07) is 5.73. The molecule has 2 aromatic rings. The van der Waals surface area contributed by atoms with Crippen molar-refractivity contribution in [3.63, 3.8) is 0 Å². The van der Waals surface area contributed by atoms with Crippen LogP contribution in [0.4, 0.5) is 24.5 Å². The SMILES string of the molecule is CC(=O)Nc1ccc(N2CCN(C(C)=O)CC2)cc1C(=O)NCc1ncc(C(F)(F)F)cc1Cl. The van der Waals surface area contributed by atoms with Crippen LogP contribution >= 0.6 is 11.6 Å². The van der Waals surface area contributed by atoms with Gasteiger partial charge in [0.15, 0.2) is 0 Å². The molecule has 1 saturated heterocycles. The van der Waals surface area contributed by atoms with Crippen molar-refractivity contribution in [3.8, 4) is 0 Å². The molecule has 2 heterocycles. The molecule has 3 amide bonds. The Kier molecular flexibility index (Phi) is 7.65. The van der Waals surface area contributed by atoms with E-state index in [1.807, 2.05) is 4.90 Å². The third kappa shape index (κ3) is 6.16. The van der Waals surface area contributed by atoms with E-state index in [0.717, 1.165) is 11.8 Å². The van der Waals surface area contributed by atoms with Crippen LogP contribution in [0.15, 0.2) is 30.5 Å². The Morgan fingerprint density at radius 2 is 1.76 bits per heavy atom. The molecule has 3 rings (SSSR count). The van der Waals surface area contributed by atoms with E-state index >= 15 is 0 Å². The quantitative estimate of drug-likeness (QED) is 0.661. The van der Waals surface area contributed by atoms with Gasteiger partial charge >= 0.3 is 6.18 Å². The lowest BCUT2D eigenvalue weighted by Crippen LogP contribution is -2.48. The molecule has 1 aliphatic heterocycles. The number of hydrogen-bond acceptors (Lipinski definition) is 5. The maximum absolute atomic E-state index is 12.9. The fourth-order valence-corrected chi connectivity index (χ4v) is 3.74. The molecule has 0 radical (unpaired) electrons. The number of alkyl halides is 3. The first-order valence-electron chi connectivity index (χ1n) is 10.4. The van der Waals surface area contributed by atoms with E-state index < -0.39 is 17.6 Å². The maximum Gasteiger partial charge on any atom is 0.417 e. The van der Waals surface area contributed by atoms with Crippen molar-refractivity contribution in [1.29, 1.82) is 0 Å². The normalized spacial score (nSPS) is 14.1. The summed E-state index contributed by atoms with van der Waals surface area (Å²) in [6.45, 7) is 4.85. The predicted octanol–water partition coefficient (Wildman–Crippen LogP) is 3.31. The number of carbonyl (C=O) groups is 3. The number of rotatable bonds is 5. The Labute approximate surface area is 199 Å². The van der Waals surface area contributed by atoms with Gasteiger partial charge in [-0.1, -0.05) is 11.6 Å².